The Morgan fingerprint density at radius 3 is 1.67 bits per heavy atom. The minimum Gasteiger partial charge on any atom is -0.377 e. The van der Waals surface area contributed by atoms with Crippen LogP contribution in [0.4, 0.5) is 0 Å². The van der Waals surface area contributed by atoms with Crippen LogP contribution in [0.25, 0.3) is 0 Å². The van der Waals surface area contributed by atoms with Crippen molar-refractivity contribution in [1.82, 2.24) is 0 Å². The Labute approximate surface area is 230 Å². The zero-order chi connectivity index (χ0) is 28.2. The number of hydrogen-bond acceptors (Lipinski definition) is 13. The van der Waals surface area contributed by atoms with Crippen molar-refractivity contribution >= 4 is 0 Å². The zero-order valence-electron chi connectivity index (χ0n) is 24.3. The molecule has 4 rings (SSSR count). The second kappa shape index (κ2) is 13.6. The Morgan fingerprint density at radius 1 is 0.513 bits per heavy atom. The van der Waals surface area contributed by atoms with E-state index in [1.807, 2.05) is 27.7 Å². The van der Waals surface area contributed by atoms with Gasteiger partial charge in [0.15, 0.2) is 24.2 Å². The van der Waals surface area contributed by atoms with Gasteiger partial charge in [-0.15, -0.1) is 0 Å². The van der Waals surface area contributed by atoms with Gasteiger partial charge in [0, 0.05) is 28.4 Å². The third-order valence-electron chi connectivity index (χ3n) is 7.20. The van der Waals surface area contributed by atoms with Crippen molar-refractivity contribution in [3.63, 3.8) is 0 Å². The van der Waals surface area contributed by atoms with Crippen LogP contribution >= 0.6 is 0 Å². The normalized spacial score (nSPS) is 40.9. The van der Waals surface area contributed by atoms with Crippen molar-refractivity contribution in [3.05, 3.63) is 0 Å². The summed E-state index contributed by atoms with van der Waals surface area (Å²) in [5.74, 6) is -1.49. The van der Waals surface area contributed by atoms with E-state index in [0.717, 1.165) is 0 Å². The predicted molar refractivity (Wildman–Crippen MR) is 133 cm³/mol. The molecule has 0 aromatic rings. The minimum atomic E-state index is -0.751. The van der Waals surface area contributed by atoms with E-state index in [1.54, 1.807) is 28.4 Å². The Balaban J connectivity index is 1.13. The van der Waals surface area contributed by atoms with Crippen LogP contribution < -0.4 is 0 Å². The van der Waals surface area contributed by atoms with E-state index in [2.05, 4.69) is 0 Å². The molecular formula is C26H46O13. The fourth-order valence-electron chi connectivity index (χ4n) is 5.57. The van der Waals surface area contributed by atoms with Gasteiger partial charge in [-0.1, -0.05) is 0 Å². The fourth-order valence-corrected chi connectivity index (χ4v) is 5.57. The van der Waals surface area contributed by atoms with E-state index in [4.69, 9.17) is 61.6 Å². The SMILES string of the molecule is CO[C@@H]1O[C@H](COCCOCCOC[C@H]2O[C@@H]3OC(C)(C)O[C@@H]3[C@H]3OC(C)(C)O[C@H]32)[C@H](OC)[C@H](OC)[C@H]1OC. The second-order valence-electron chi connectivity index (χ2n) is 10.8. The molecule has 0 saturated carbocycles. The molecule has 4 aliphatic rings. The fraction of sp³-hybridized carbons (Fsp3) is 1.00. The van der Waals surface area contributed by atoms with Crippen LogP contribution in [-0.2, 0) is 61.6 Å². The largest absolute Gasteiger partial charge is 0.377 e. The number of ether oxygens (including phenoxy) is 13. The van der Waals surface area contributed by atoms with Crippen molar-refractivity contribution in [2.45, 2.75) is 101 Å². The molecule has 0 aliphatic carbocycles. The monoisotopic (exact) mass is 566 g/mol. The first kappa shape index (κ1) is 31.4. The molecule has 0 aromatic carbocycles. The van der Waals surface area contributed by atoms with Gasteiger partial charge in [-0.05, 0) is 27.7 Å². The highest BCUT2D eigenvalue weighted by molar-refractivity contribution is 5.00. The van der Waals surface area contributed by atoms with Gasteiger partial charge in [0.05, 0.1) is 39.6 Å². The molecule has 0 N–H and O–H groups in total. The molecule has 4 fully saturated rings. The smallest absolute Gasteiger partial charge is 0.190 e. The van der Waals surface area contributed by atoms with Crippen molar-refractivity contribution in [2.24, 2.45) is 0 Å². The van der Waals surface area contributed by atoms with Gasteiger partial charge in [0.25, 0.3) is 0 Å². The first-order valence-electron chi connectivity index (χ1n) is 13.5. The van der Waals surface area contributed by atoms with E-state index >= 15 is 0 Å². The maximum Gasteiger partial charge on any atom is 0.190 e. The van der Waals surface area contributed by atoms with Crippen LogP contribution in [0.5, 0.6) is 0 Å². The summed E-state index contributed by atoms with van der Waals surface area (Å²) in [6, 6.07) is 0. The molecule has 4 heterocycles. The van der Waals surface area contributed by atoms with Crippen LogP contribution in [0.2, 0.25) is 0 Å². The Kier molecular flexibility index (Phi) is 11.0. The molecule has 13 heteroatoms. The summed E-state index contributed by atoms with van der Waals surface area (Å²) in [6.07, 6.45) is -3.98. The number of methoxy groups -OCH3 is 4. The van der Waals surface area contributed by atoms with Gasteiger partial charge in [0.1, 0.15) is 48.8 Å². The molecule has 0 unspecified atom stereocenters. The average Bonchev–Trinajstić information content (AvgIpc) is 3.40. The first-order chi connectivity index (χ1) is 18.6. The van der Waals surface area contributed by atoms with E-state index in [0.29, 0.717) is 39.6 Å². The molecule has 0 aromatic heterocycles. The Bertz CT molecular complexity index is 751. The quantitative estimate of drug-likeness (QED) is 0.277. The van der Waals surface area contributed by atoms with Crippen LogP contribution in [-0.4, -0.2) is 141 Å². The van der Waals surface area contributed by atoms with E-state index in [-0.39, 0.29) is 42.7 Å². The zero-order valence-corrected chi connectivity index (χ0v) is 24.3. The standard InChI is InChI=1S/C26H46O13/c1-25(2)36-18-16(35-24-22(20(18)37-25)38-26(3,4)39-24)14-33-12-10-31-9-11-32-13-15-17(27-5)19(28-6)21(29-7)23(30-8)34-15/h15-24H,9-14H2,1-8H3/t15-,16-,17+,18+,19+,20+,21-,22-,23-,24-/m1/s1. The molecular weight excluding hydrogens is 520 g/mol. The Morgan fingerprint density at radius 2 is 1.05 bits per heavy atom. The molecule has 4 aliphatic heterocycles. The van der Waals surface area contributed by atoms with Crippen LogP contribution in [0.15, 0.2) is 0 Å². The lowest BCUT2D eigenvalue weighted by atomic mass is 9.98. The molecule has 0 amide bonds. The summed E-state index contributed by atoms with van der Waals surface area (Å²) in [5.41, 5.74) is 0. The lowest BCUT2D eigenvalue weighted by Gasteiger charge is -2.44. The minimum absolute atomic E-state index is 0.291. The number of fused-ring (bicyclic) bond motifs is 3. The van der Waals surface area contributed by atoms with Crippen molar-refractivity contribution in [2.75, 3.05) is 68.1 Å². The Hall–Kier alpha value is -0.520. The van der Waals surface area contributed by atoms with Gasteiger partial charge in [-0.25, -0.2) is 0 Å². The van der Waals surface area contributed by atoms with Crippen molar-refractivity contribution < 1.29 is 61.6 Å². The molecule has 228 valence electrons. The second-order valence-corrected chi connectivity index (χ2v) is 10.8. The highest BCUT2D eigenvalue weighted by atomic mass is 16.9. The molecule has 10 atom stereocenters. The van der Waals surface area contributed by atoms with Gasteiger partial charge in [-0.2, -0.15) is 0 Å². The summed E-state index contributed by atoms with van der Waals surface area (Å²) < 4.78 is 75.8. The summed E-state index contributed by atoms with van der Waals surface area (Å²) >= 11 is 0. The van der Waals surface area contributed by atoms with Gasteiger partial charge in [0.2, 0.25) is 0 Å². The third-order valence-corrected chi connectivity index (χ3v) is 7.20. The maximum atomic E-state index is 6.15. The number of rotatable bonds is 14. The lowest BCUT2D eigenvalue weighted by Crippen LogP contribution is -2.61. The topological polar surface area (TPSA) is 120 Å². The summed E-state index contributed by atoms with van der Waals surface area (Å²) in [5, 5.41) is 0. The molecule has 39 heavy (non-hydrogen) atoms. The van der Waals surface area contributed by atoms with Gasteiger partial charge in [-0.3, -0.25) is 0 Å². The van der Waals surface area contributed by atoms with Gasteiger partial charge < -0.3 is 61.6 Å². The highest BCUT2D eigenvalue weighted by Gasteiger charge is 2.60. The van der Waals surface area contributed by atoms with Gasteiger partial charge >= 0.3 is 0 Å². The molecule has 4 saturated heterocycles. The summed E-state index contributed by atoms with van der Waals surface area (Å²) in [4.78, 5) is 0. The first-order valence-corrected chi connectivity index (χ1v) is 13.5. The van der Waals surface area contributed by atoms with Crippen molar-refractivity contribution in [3.8, 4) is 0 Å². The molecule has 0 spiro atoms. The lowest BCUT2D eigenvalue weighted by molar-refractivity contribution is -0.308. The van der Waals surface area contributed by atoms with E-state index in [9.17, 15) is 0 Å². The van der Waals surface area contributed by atoms with Crippen molar-refractivity contribution in [1.29, 1.82) is 0 Å². The summed E-state index contributed by atoms with van der Waals surface area (Å²) in [6.45, 7) is 9.66. The van der Waals surface area contributed by atoms with Crippen LogP contribution in [0, 0.1) is 0 Å². The maximum absolute atomic E-state index is 6.15. The number of hydrogen-bond donors (Lipinski definition) is 0. The predicted octanol–water partition coefficient (Wildman–Crippen LogP) is 0.849. The third kappa shape index (κ3) is 7.47. The van der Waals surface area contributed by atoms with E-state index in [1.165, 1.54) is 0 Å². The summed E-state index contributed by atoms with van der Waals surface area (Å²) in [7, 11) is 6.36. The van der Waals surface area contributed by atoms with Crippen LogP contribution in [0.3, 0.4) is 0 Å². The van der Waals surface area contributed by atoms with E-state index < -0.39 is 30.3 Å². The molecule has 0 bridgehead atoms. The molecule has 13 nitrogen and oxygen atoms in total. The average molecular weight is 567 g/mol. The highest BCUT2D eigenvalue weighted by Crippen LogP contribution is 2.44. The molecule has 0 radical (unpaired) electrons. The van der Waals surface area contributed by atoms with Crippen LogP contribution in [0.1, 0.15) is 27.7 Å².